The van der Waals surface area contributed by atoms with E-state index in [-0.39, 0.29) is 53.7 Å². The van der Waals surface area contributed by atoms with Gasteiger partial charge in [0, 0.05) is 41.3 Å². The molecule has 9 heteroatoms. The van der Waals surface area contributed by atoms with Gasteiger partial charge in [0.15, 0.2) is 11.8 Å². The van der Waals surface area contributed by atoms with Crippen molar-refractivity contribution < 1.29 is 28.2 Å². The van der Waals surface area contributed by atoms with E-state index in [9.17, 15) is 9.18 Å². The second-order valence-corrected chi connectivity index (χ2v) is 8.26. The normalized spacial score (nSPS) is 24.0. The molecule has 4 rings (SSSR count). The molecule has 33 heavy (non-hydrogen) atoms. The van der Waals surface area contributed by atoms with Gasteiger partial charge in [-0.05, 0) is 5.56 Å². The summed E-state index contributed by atoms with van der Waals surface area (Å²) in [7, 11) is 0. The third kappa shape index (κ3) is 4.04. The summed E-state index contributed by atoms with van der Waals surface area (Å²) in [6.45, 7) is -0.386. The van der Waals surface area contributed by atoms with Crippen molar-refractivity contribution in [2.75, 3.05) is 19.8 Å². The van der Waals surface area contributed by atoms with Crippen molar-refractivity contribution in [1.29, 1.82) is 0 Å². The first-order valence-corrected chi connectivity index (χ1v) is 10.8. The van der Waals surface area contributed by atoms with Crippen LogP contribution in [0.5, 0.6) is 5.75 Å². The fourth-order valence-corrected chi connectivity index (χ4v) is 4.63. The molecule has 1 amide bonds. The first-order valence-electron chi connectivity index (χ1n) is 10.4. The van der Waals surface area contributed by atoms with Crippen LogP contribution in [0.2, 0.25) is 5.02 Å². The van der Waals surface area contributed by atoms with Gasteiger partial charge in [0.2, 0.25) is 5.91 Å². The Balaban J connectivity index is 1.90. The molecule has 0 bridgehead atoms. The third-order valence-electron chi connectivity index (χ3n) is 5.93. The molecular formula is C24H23ClF2N2O4. The number of ether oxygens (including phenoxy) is 2. The number of fused-ring (bicyclic) bond motifs is 1. The van der Waals surface area contributed by atoms with Gasteiger partial charge in [-0.1, -0.05) is 54.1 Å². The maximum atomic E-state index is 15.7. The van der Waals surface area contributed by atoms with E-state index < -0.39 is 29.6 Å². The summed E-state index contributed by atoms with van der Waals surface area (Å²) < 4.78 is 42.2. The van der Waals surface area contributed by atoms with Gasteiger partial charge in [-0.2, -0.15) is 0 Å². The summed E-state index contributed by atoms with van der Waals surface area (Å²) in [4.78, 5) is 12.2. The number of amides is 1. The molecule has 2 aromatic carbocycles. The number of hydrogen-bond acceptors (Lipinski definition) is 5. The van der Waals surface area contributed by atoms with Crippen molar-refractivity contribution in [3.63, 3.8) is 0 Å². The summed E-state index contributed by atoms with van der Waals surface area (Å²) in [5.74, 6) is -1.57. The van der Waals surface area contributed by atoms with Gasteiger partial charge in [-0.3, -0.25) is 4.79 Å². The number of halogens is 3. The topological polar surface area (TPSA) is 108 Å². The molecule has 1 heterocycles. The molecule has 1 aliphatic heterocycles. The second-order valence-electron chi connectivity index (χ2n) is 7.88. The highest BCUT2D eigenvalue weighted by molar-refractivity contribution is 6.33. The van der Waals surface area contributed by atoms with E-state index >= 15 is 4.39 Å². The van der Waals surface area contributed by atoms with E-state index in [1.807, 2.05) is 30.3 Å². The number of primary amides is 1. The van der Waals surface area contributed by atoms with Gasteiger partial charge in [0.1, 0.15) is 17.7 Å². The summed E-state index contributed by atoms with van der Waals surface area (Å²) in [6.07, 6.45) is -0.182. The summed E-state index contributed by atoms with van der Waals surface area (Å²) >= 11 is 6.36. The number of carbonyl (C=O) groups is 1. The molecular weight excluding hydrogens is 454 g/mol. The van der Waals surface area contributed by atoms with Crippen molar-refractivity contribution in [3.05, 3.63) is 81.7 Å². The Labute approximate surface area is 194 Å². The van der Waals surface area contributed by atoms with Crippen molar-refractivity contribution in [3.8, 4) is 5.75 Å². The maximum Gasteiger partial charge on any atom is 0.249 e. The van der Waals surface area contributed by atoms with Crippen LogP contribution in [0, 0.1) is 5.82 Å². The number of aliphatic hydroxyl groups is 1. The Morgan fingerprint density at radius 3 is 2.70 bits per heavy atom. The quantitative estimate of drug-likeness (QED) is 0.569. The Morgan fingerprint density at radius 1 is 1.33 bits per heavy atom. The first kappa shape index (κ1) is 23.4. The monoisotopic (exact) mass is 476 g/mol. The van der Waals surface area contributed by atoms with Crippen molar-refractivity contribution in [2.45, 2.75) is 24.3 Å². The molecule has 0 radical (unpaired) electrons. The Morgan fingerprint density at radius 2 is 2.06 bits per heavy atom. The second kappa shape index (κ2) is 9.23. The predicted octanol–water partition coefficient (Wildman–Crippen LogP) is 2.79. The van der Waals surface area contributed by atoms with Crippen LogP contribution in [0.3, 0.4) is 0 Å². The minimum Gasteiger partial charge on any atom is -0.480 e. The number of aliphatic hydroxyl groups excluding tert-OH is 1. The zero-order chi connectivity index (χ0) is 23.8. The van der Waals surface area contributed by atoms with E-state index in [4.69, 9.17) is 37.6 Å². The number of carbonyl (C=O) groups excluding carboxylic acids is 1. The summed E-state index contributed by atoms with van der Waals surface area (Å²) in [5, 5.41) is 8.69. The molecule has 1 aliphatic carbocycles. The van der Waals surface area contributed by atoms with Crippen LogP contribution in [-0.4, -0.2) is 43.0 Å². The summed E-state index contributed by atoms with van der Waals surface area (Å²) in [5.41, 5.74) is 11.5. The van der Waals surface area contributed by atoms with Crippen LogP contribution in [0.15, 0.2) is 54.1 Å². The van der Waals surface area contributed by atoms with E-state index in [1.165, 1.54) is 12.2 Å². The predicted molar refractivity (Wildman–Crippen MR) is 120 cm³/mol. The number of benzene rings is 2. The lowest BCUT2D eigenvalue weighted by Crippen LogP contribution is -2.39. The van der Waals surface area contributed by atoms with Crippen LogP contribution < -0.4 is 16.2 Å². The van der Waals surface area contributed by atoms with Gasteiger partial charge in [0.25, 0.3) is 0 Å². The number of hydrogen-bond donors (Lipinski definition) is 3. The van der Waals surface area contributed by atoms with Crippen LogP contribution in [0.4, 0.5) is 8.78 Å². The van der Waals surface area contributed by atoms with E-state index in [2.05, 4.69) is 0 Å². The molecule has 0 fully saturated rings. The lowest BCUT2D eigenvalue weighted by molar-refractivity contribution is -0.114. The van der Waals surface area contributed by atoms with Crippen LogP contribution in [0.1, 0.15) is 16.7 Å². The largest absolute Gasteiger partial charge is 0.480 e. The molecule has 6 nitrogen and oxygen atoms in total. The highest BCUT2D eigenvalue weighted by atomic mass is 35.5. The zero-order valence-corrected chi connectivity index (χ0v) is 18.3. The average Bonchev–Trinajstić information content (AvgIpc) is 3.19. The lowest BCUT2D eigenvalue weighted by atomic mass is 9.82. The molecule has 0 saturated carbocycles. The molecule has 0 aromatic heterocycles. The fraction of sp³-hybridized carbons (Fsp3) is 0.292. The van der Waals surface area contributed by atoms with Gasteiger partial charge in [-0.15, -0.1) is 0 Å². The smallest absolute Gasteiger partial charge is 0.249 e. The fourth-order valence-electron chi connectivity index (χ4n) is 4.36. The van der Waals surface area contributed by atoms with E-state index in [0.29, 0.717) is 5.56 Å². The van der Waals surface area contributed by atoms with Gasteiger partial charge >= 0.3 is 0 Å². The van der Waals surface area contributed by atoms with E-state index in [0.717, 1.165) is 11.6 Å². The molecule has 5 N–H and O–H groups in total. The van der Waals surface area contributed by atoms with Gasteiger partial charge in [-0.25, -0.2) is 8.78 Å². The number of rotatable bonds is 7. The summed E-state index contributed by atoms with van der Waals surface area (Å²) in [6, 6.07) is 10.3. The molecule has 3 atom stereocenters. The molecule has 174 valence electrons. The number of alkyl halides is 1. The average molecular weight is 477 g/mol. The minimum absolute atomic E-state index is 0.00108. The Kier molecular flexibility index (Phi) is 6.54. The molecule has 0 spiro atoms. The van der Waals surface area contributed by atoms with Crippen LogP contribution >= 0.6 is 11.6 Å². The molecule has 0 saturated heterocycles. The zero-order valence-electron chi connectivity index (χ0n) is 17.6. The third-order valence-corrected chi connectivity index (χ3v) is 6.30. The van der Waals surface area contributed by atoms with Crippen molar-refractivity contribution in [2.24, 2.45) is 11.5 Å². The lowest BCUT2D eigenvalue weighted by Gasteiger charge is -2.28. The Bertz CT molecular complexity index is 1140. The van der Waals surface area contributed by atoms with Gasteiger partial charge < -0.3 is 26.0 Å². The first-order chi connectivity index (χ1) is 15.8. The molecule has 2 aliphatic rings. The SMILES string of the molecule is NC[C@@]1(c2ccccc2)Cc2c(cc(F)c(Cl)c2C2=C(C(N)=O)C=CC(OCCO)C2F)O1. The van der Waals surface area contributed by atoms with E-state index in [1.54, 1.807) is 0 Å². The standard InChI is InChI=1S/C24H23ClF2N2O4/c25-21-16(26)10-18-15(11-24(12-28,33-18)13-4-2-1-3-5-13)19(21)20-14(23(29)31)6-7-17(22(20)27)32-9-8-30/h1-7,10,17,22,30H,8-9,11-12,28H2,(H2,29,31)/t17?,22?,24-/m1/s1. The van der Waals surface area contributed by atoms with Crippen molar-refractivity contribution in [1.82, 2.24) is 0 Å². The molecule has 2 aromatic rings. The minimum atomic E-state index is -1.89. The van der Waals surface area contributed by atoms with Crippen LogP contribution in [-0.2, 0) is 21.6 Å². The molecule has 2 unspecified atom stereocenters. The van der Waals surface area contributed by atoms with Crippen LogP contribution in [0.25, 0.3) is 5.57 Å². The maximum absolute atomic E-state index is 15.7. The van der Waals surface area contributed by atoms with Crippen molar-refractivity contribution >= 4 is 23.1 Å². The Hall–Kier alpha value is -2.78. The van der Waals surface area contributed by atoms with Gasteiger partial charge in [0.05, 0.1) is 18.2 Å². The highest BCUT2D eigenvalue weighted by Gasteiger charge is 2.44. The number of nitrogens with two attached hydrogens (primary N) is 2. The highest BCUT2D eigenvalue weighted by Crippen LogP contribution is 2.49.